The van der Waals surface area contributed by atoms with Gasteiger partial charge in [0.05, 0.1) is 6.04 Å². The van der Waals surface area contributed by atoms with Crippen molar-refractivity contribution in [2.75, 3.05) is 39.6 Å². The van der Waals surface area contributed by atoms with Crippen molar-refractivity contribution >= 4 is 29.1 Å². The first-order valence-electron chi connectivity index (χ1n) is 9.02. The van der Waals surface area contributed by atoms with Crippen molar-refractivity contribution in [2.45, 2.75) is 12.6 Å². The molecule has 0 aliphatic carbocycles. The molecule has 2 aromatic carbocycles. The van der Waals surface area contributed by atoms with Gasteiger partial charge in [-0.2, -0.15) is 0 Å². The van der Waals surface area contributed by atoms with Crippen LogP contribution in [-0.4, -0.2) is 51.4 Å². The van der Waals surface area contributed by atoms with E-state index in [0.717, 1.165) is 16.8 Å². The van der Waals surface area contributed by atoms with Gasteiger partial charge in [0.2, 0.25) is 0 Å². The van der Waals surface area contributed by atoms with Gasteiger partial charge in [0, 0.05) is 37.9 Å². The normalized spacial score (nSPS) is 11.8. The van der Waals surface area contributed by atoms with Crippen LogP contribution in [-0.2, 0) is 16.1 Å². The third-order valence-electron chi connectivity index (χ3n) is 4.48. The molecule has 0 saturated heterocycles. The van der Waals surface area contributed by atoms with Gasteiger partial charge in [-0.15, -0.1) is 0 Å². The van der Waals surface area contributed by atoms with Gasteiger partial charge >= 0.3 is 11.8 Å². The number of likely N-dealkylation sites (N-methyl/N-ethyl adjacent to an activating group) is 1. The number of anilines is 1. The molecule has 150 valence electrons. The van der Waals surface area contributed by atoms with Crippen LogP contribution in [0.3, 0.4) is 0 Å². The third kappa shape index (κ3) is 5.97. The lowest BCUT2D eigenvalue weighted by Crippen LogP contribution is -2.42. The maximum Gasteiger partial charge on any atom is 0.309 e. The number of rotatable bonds is 7. The van der Waals surface area contributed by atoms with E-state index in [2.05, 4.69) is 10.6 Å². The second kappa shape index (κ2) is 10.1. The molecule has 0 spiro atoms. The zero-order chi connectivity index (χ0) is 20.7. The Kier molecular flexibility index (Phi) is 7.84. The van der Waals surface area contributed by atoms with Crippen LogP contribution in [0.4, 0.5) is 5.69 Å². The lowest BCUT2D eigenvalue weighted by Gasteiger charge is -2.25. The Hall–Kier alpha value is -2.57. The zero-order valence-corrected chi connectivity index (χ0v) is 17.5. The van der Waals surface area contributed by atoms with Crippen LogP contribution in [0.1, 0.15) is 17.2 Å². The largest absolute Gasteiger partial charge is 0.378 e. The van der Waals surface area contributed by atoms with Crippen LogP contribution in [0.25, 0.3) is 0 Å². The van der Waals surface area contributed by atoms with Crippen molar-refractivity contribution in [3.05, 3.63) is 64.7 Å². The fourth-order valence-corrected chi connectivity index (χ4v) is 2.96. The molecule has 1 atom stereocenters. The summed E-state index contributed by atoms with van der Waals surface area (Å²) in [4.78, 5) is 28.3. The second-order valence-electron chi connectivity index (χ2n) is 6.95. The van der Waals surface area contributed by atoms with Gasteiger partial charge in [-0.3, -0.25) is 9.59 Å². The summed E-state index contributed by atoms with van der Waals surface area (Å²) in [6.45, 7) is 0.529. The maximum absolute atomic E-state index is 12.2. The van der Waals surface area contributed by atoms with Crippen molar-refractivity contribution in [1.29, 1.82) is 0 Å². The summed E-state index contributed by atoms with van der Waals surface area (Å²) in [5, 5.41) is 5.87. The maximum atomic E-state index is 12.2. The number of nitrogens with one attached hydrogen (secondary N) is 2. The summed E-state index contributed by atoms with van der Waals surface area (Å²) in [5.41, 5.74) is 2.93. The fourth-order valence-electron chi connectivity index (χ4n) is 2.76. The molecule has 2 aromatic rings. The molecule has 0 aromatic heterocycles. The highest BCUT2D eigenvalue weighted by Gasteiger charge is 2.19. The standard InChI is InChI=1S/C21H27ClN4O2/c1-25(2)17-11-9-15(10-12-17)19(26(3)4)14-24-21(28)20(27)23-13-16-7-5-6-8-18(16)22/h5-12,19H,13-14H2,1-4H3,(H,23,27)(H,24,28)/t19-/m1/s1. The molecular weight excluding hydrogens is 376 g/mol. The van der Waals surface area contributed by atoms with Crippen molar-refractivity contribution in [2.24, 2.45) is 0 Å². The smallest absolute Gasteiger partial charge is 0.309 e. The number of nitrogens with zero attached hydrogens (tertiary/aromatic N) is 2. The third-order valence-corrected chi connectivity index (χ3v) is 4.85. The summed E-state index contributed by atoms with van der Waals surface area (Å²) >= 11 is 6.06. The first kappa shape index (κ1) is 21.7. The lowest BCUT2D eigenvalue weighted by atomic mass is 10.1. The minimum absolute atomic E-state index is 0.0449. The average molecular weight is 403 g/mol. The number of carbonyl (C=O) groups excluding carboxylic acids is 2. The van der Waals surface area contributed by atoms with E-state index >= 15 is 0 Å². The van der Waals surface area contributed by atoms with E-state index in [-0.39, 0.29) is 12.6 Å². The van der Waals surface area contributed by atoms with Gasteiger partial charge in [-0.25, -0.2) is 0 Å². The summed E-state index contributed by atoms with van der Waals surface area (Å²) in [6, 6.07) is 15.3. The van der Waals surface area contributed by atoms with Crippen LogP contribution in [0.5, 0.6) is 0 Å². The van der Waals surface area contributed by atoms with Crippen molar-refractivity contribution in [3.63, 3.8) is 0 Å². The van der Waals surface area contributed by atoms with Gasteiger partial charge in [-0.05, 0) is 43.4 Å². The molecule has 0 aliphatic rings. The van der Waals surface area contributed by atoms with Crippen LogP contribution >= 0.6 is 11.6 Å². The summed E-state index contributed by atoms with van der Waals surface area (Å²) < 4.78 is 0. The molecule has 28 heavy (non-hydrogen) atoms. The number of halogens is 1. The molecule has 0 aliphatic heterocycles. The van der Waals surface area contributed by atoms with Crippen LogP contribution in [0, 0.1) is 0 Å². The zero-order valence-electron chi connectivity index (χ0n) is 16.7. The van der Waals surface area contributed by atoms with Crippen LogP contribution in [0.15, 0.2) is 48.5 Å². The molecule has 2 rings (SSSR count). The van der Waals surface area contributed by atoms with E-state index in [0.29, 0.717) is 11.6 Å². The highest BCUT2D eigenvalue weighted by molar-refractivity contribution is 6.35. The SMILES string of the molecule is CN(C)c1ccc([C@@H](CNC(=O)C(=O)NCc2ccccc2Cl)N(C)C)cc1. The van der Waals surface area contributed by atoms with Crippen molar-refractivity contribution in [3.8, 4) is 0 Å². The molecule has 2 N–H and O–H groups in total. The van der Waals surface area contributed by atoms with Crippen molar-refractivity contribution in [1.82, 2.24) is 15.5 Å². The van der Waals surface area contributed by atoms with Crippen LogP contribution < -0.4 is 15.5 Å². The topological polar surface area (TPSA) is 64.7 Å². The second-order valence-corrected chi connectivity index (χ2v) is 7.36. The highest BCUT2D eigenvalue weighted by atomic mass is 35.5. The Bertz CT molecular complexity index is 806. The van der Waals surface area contributed by atoms with E-state index in [1.807, 2.05) is 74.4 Å². The number of amides is 2. The molecule has 7 heteroatoms. The molecule has 6 nitrogen and oxygen atoms in total. The summed E-state index contributed by atoms with van der Waals surface area (Å²) in [6.07, 6.45) is 0. The molecule has 2 amide bonds. The Labute approximate surface area is 171 Å². The molecule has 0 saturated carbocycles. The Morgan fingerprint density at radius 2 is 1.54 bits per heavy atom. The average Bonchev–Trinajstić information content (AvgIpc) is 2.67. The first-order valence-corrected chi connectivity index (χ1v) is 9.40. The predicted molar refractivity (Wildman–Crippen MR) is 114 cm³/mol. The van der Waals surface area contributed by atoms with Crippen LogP contribution in [0.2, 0.25) is 5.02 Å². The number of benzene rings is 2. The minimum Gasteiger partial charge on any atom is -0.378 e. The Morgan fingerprint density at radius 1 is 0.929 bits per heavy atom. The first-order chi connectivity index (χ1) is 13.3. The Morgan fingerprint density at radius 3 is 2.11 bits per heavy atom. The monoisotopic (exact) mass is 402 g/mol. The quantitative estimate of drug-likeness (QED) is 0.698. The molecular formula is C21H27ClN4O2. The number of hydrogen-bond donors (Lipinski definition) is 2. The number of carbonyl (C=O) groups is 2. The van der Waals surface area contributed by atoms with Crippen molar-refractivity contribution < 1.29 is 9.59 Å². The van der Waals surface area contributed by atoms with E-state index in [9.17, 15) is 9.59 Å². The minimum atomic E-state index is -0.680. The fraction of sp³-hybridized carbons (Fsp3) is 0.333. The van der Waals surface area contributed by atoms with Gasteiger partial charge in [-0.1, -0.05) is 41.9 Å². The van der Waals surface area contributed by atoms with Gasteiger partial charge in [0.25, 0.3) is 0 Å². The number of hydrogen-bond acceptors (Lipinski definition) is 4. The lowest BCUT2D eigenvalue weighted by molar-refractivity contribution is -0.139. The highest BCUT2D eigenvalue weighted by Crippen LogP contribution is 2.21. The predicted octanol–water partition coefficient (Wildman–Crippen LogP) is 2.44. The van der Waals surface area contributed by atoms with E-state index in [1.165, 1.54) is 0 Å². The molecule has 0 bridgehead atoms. The molecule has 0 unspecified atom stereocenters. The Balaban J connectivity index is 1.92. The van der Waals surface area contributed by atoms with E-state index in [4.69, 9.17) is 11.6 Å². The molecule has 0 heterocycles. The van der Waals surface area contributed by atoms with Gasteiger partial charge in [0.15, 0.2) is 0 Å². The van der Waals surface area contributed by atoms with Gasteiger partial charge < -0.3 is 20.4 Å². The summed E-state index contributed by atoms with van der Waals surface area (Å²) in [5.74, 6) is -1.34. The van der Waals surface area contributed by atoms with E-state index < -0.39 is 11.8 Å². The van der Waals surface area contributed by atoms with E-state index in [1.54, 1.807) is 12.1 Å². The van der Waals surface area contributed by atoms with Gasteiger partial charge in [0.1, 0.15) is 0 Å². The molecule has 0 fully saturated rings. The molecule has 0 radical (unpaired) electrons. The summed E-state index contributed by atoms with van der Waals surface area (Å²) in [7, 11) is 7.85.